The van der Waals surface area contributed by atoms with Crippen LogP contribution in [0.5, 0.6) is 0 Å². The highest BCUT2D eigenvalue weighted by Gasteiger charge is 2.36. The van der Waals surface area contributed by atoms with Gasteiger partial charge in [0.2, 0.25) is 0 Å². The van der Waals surface area contributed by atoms with Gasteiger partial charge in [-0.05, 0) is 18.6 Å². The molecule has 0 fully saturated rings. The van der Waals surface area contributed by atoms with Gasteiger partial charge in [-0.15, -0.1) is 0 Å². The fourth-order valence-electron chi connectivity index (χ4n) is 2.35. The Balaban J connectivity index is 1.80. The van der Waals surface area contributed by atoms with E-state index in [9.17, 15) is 13.2 Å². The predicted octanol–water partition coefficient (Wildman–Crippen LogP) is 2.60. The Morgan fingerprint density at radius 2 is 2.14 bits per heavy atom. The van der Waals surface area contributed by atoms with Gasteiger partial charge in [0.15, 0.2) is 17.5 Å². The van der Waals surface area contributed by atoms with Crippen molar-refractivity contribution in [2.75, 3.05) is 4.90 Å². The van der Waals surface area contributed by atoms with Crippen molar-refractivity contribution in [3.63, 3.8) is 0 Å². The lowest BCUT2D eigenvalue weighted by Crippen LogP contribution is -2.30. The lowest BCUT2D eigenvalue weighted by Gasteiger charge is -2.30. The van der Waals surface area contributed by atoms with Gasteiger partial charge in [0.1, 0.15) is 6.34 Å². The molecule has 0 aromatic carbocycles. The topological polar surface area (TPSA) is 57.6 Å². The minimum atomic E-state index is -4.46. The third kappa shape index (κ3) is 1.78. The summed E-state index contributed by atoms with van der Waals surface area (Å²) in [6.07, 6.45) is 1.45. The molecular formula is C13H9F3N6. The van der Waals surface area contributed by atoms with Crippen molar-refractivity contribution < 1.29 is 17.7 Å². The molecule has 0 aliphatic carbocycles. The van der Waals surface area contributed by atoms with Crippen LogP contribution in [0, 0.1) is 0 Å². The summed E-state index contributed by atoms with van der Waals surface area (Å²) in [7, 11) is 0. The number of rotatable bonds is 1. The molecule has 0 saturated heterocycles. The van der Waals surface area contributed by atoms with Gasteiger partial charge in [0.05, 0.1) is 11.3 Å². The van der Waals surface area contributed by atoms with E-state index in [-0.39, 0.29) is 11.5 Å². The van der Waals surface area contributed by atoms with E-state index in [1.54, 1.807) is 4.58 Å². The van der Waals surface area contributed by atoms with E-state index in [1.165, 1.54) is 11.2 Å². The summed E-state index contributed by atoms with van der Waals surface area (Å²) in [4.78, 5) is 5.35. The van der Waals surface area contributed by atoms with Gasteiger partial charge >= 0.3 is 6.18 Å². The number of anilines is 1. The van der Waals surface area contributed by atoms with E-state index in [0.717, 1.165) is 17.8 Å². The first-order valence-electron chi connectivity index (χ1n) is 6.37. The molecule has 0 amide bonds. The van der Waals surface area contributed by atoms with Crippen LogP contribution in [0.25, 0.3) is 5.32 Å². The number of alkyl halides is 3. The van der Waals surface area contributed by atoms with E-state index in [4.69, 9.17) is 0 Å². The van der Waals surface area contributed by atoms with Crippen LogP contribution >= 0.6 is 0 Å². The molecule has 0 atom stereocenters. The first kappa shape index (κ1) is 12.9. The number of hydrogen-bond donors (Lipinski definition) is 1. The minimum absolute atomic E-state index is 0.216. The van der Waals surface area contributed by atoms with E-state index in [1.807, 2.05) is 19.3 Å². The number of hydrazone groups is 1. The summed E-state index contributed by atoms with van der Waals surface area (Å²) in [5.74, 6) is 1.24. The molecule has 6 nitrogen and oxygen atoms in total. The first-order valence-corrected chi connectivity index (χ1v) is 6.37. The Morgan fingerprint density at radius 1 is 1.36 bits per heavy atom. The van der Waals surface area contributed by atoms with Crippen LogP contribution in [0.4, 0.5) is 24.7 Å². The van der Waals surface area contributed by atoms with Crippen LogP contribution in [-0.2, 0) is 6.18 Å². The highest BCUT2D eigenvalue weighted by molar-refractivity contribution is 5.94. The second-order valence-electron chi connectivity index (χ2n) is 4.98. The molecule has 0 unspecified atom stereocenters. The molecule has 0 spiro atoms. The zero-order valence-corrected chi connectivity index (χ0v) is 11.3. The van der Waals surface area contributed by atoms with Gasteiger partial charge in [-0.1, -0.05) is 0 Å². The molecule has 1 aromatic rings. The number of nitrogens with one attached hydrogen (secondary N) is 1. The lowest BCUT2D eigenvalue weighted by molar-refractivity contribution is -0.404. The standard InChI is InChI=1S/C13H9F3N6/c1-7-4-21(5-7)11-12-20-18-6-22(12)9-2-8(13(14,15)16)3-17-10(9)19-11/h2-6,20H,1H3. The van der Waals surface area contributed by atoms with Crippen LogP contribution in [0.1, 0.15) is 12.5 Å². The Kier molecular flexibility index (Phi) is 2.39. The van der Waals surface area contributed by atoms with Gasteiger partial charge < -0.3 is 4.58 Å². The molecule has 0 saturated carbocycles. The maximum absolute atomic E-state index is 12.8. The number of aromatic nitrogens is 1. The Labute approximate surface area is 123 Å². The number of allylic oxidation sites excluding steroid dienone is 1. The maximum atomic E-state index is 12.8. The maximum Gasteiger partial charge on any atom is 0.417 e. The Hall–Kier alpha value is -2.84. The van der Waals surface area contributed by atoms with Crippen molar-refractivity contribution in [1.29, 1.82) is 0 Å². The van der Waals surface area contributed by atoms with Crippen LogP contribution in [0.3, 0.4) is 0 Å². The molecule has 1 aromatic heterocycles. The first-order chi connectivity index (χ1) is 10.4. The Morgan fingerprint density at radius 3 is 2.82 bits per heavy atom. The van der Waals surface area contributed by atoms with E-state index < -0.39 is 11.7 Å². The van der Waals surface area contributed by atoms with Crippen molar-refractivity contribution in [3.05, 3.63) is 46.6 Å². The summed E-state index contributed by atoms with van der Waals surface area (Å²) in [6, 6.07) is 1.02. The normalized spacial score (nSPS) is 18.8. The van der Waals surface area contributed by atoms with Crippen LogP contribution in [0.2, 0.25) is 0 Å². The number of hydrogen-bond acceptors (Lipinski definition) is 4. The third-order valence-corrected chi connectivity index (χ3v) is 3.37. The van der Waals surface area contributed by atoms with Crippen molar-refractivity contribution in [2.24, 2.45) is 5.10 Å². The predicted molar refractivity (Wildman–Crippen MR) is 73.5 cm³/mol. The summed E-state index contributed by atoms with van der Waals surface area (Å²) in [6.45, 7) is 1.93. The molecule has 9 heteroatoms. The highest BCUT2D eigenvalue weighted by Crippen LogP contribution is 2.44. The van der Waals surface area contributed by atoms with E-state index in [0.29, 0.717) is 11.6 Å². The van der Waals surface area contributed by atoms with Gasteiger partial charge in [0.25, 0.3) is 0 Å². The molecule has 22 heavy (non-hydrogen) atoms. The second-order valence-corrected chi connectivity index (χ2v) is 4.98. The average molecular weight is 306 g/mol. The molecule has 4 heterocycles. The quantitative estimate of drug-likeness (QED) is 0.811. The highest BCUT2D eigenvalue weighted by atomic mass is 19.4. The summed E-state index contributed by atoms with van der Waals surface area (Å²) >= 11 is 0. The largest absolute Gasteiger partial charge is 0.417 e. The molecule has 112 valence electrons. The van der Waals surface area contributed by atoms with Crippen molar-refractivity contribution in [3.8, 4) is 0 Å². The molecule has 3 aliphatic heterocycles. The van der Waals surface area contributed by atoms with Crippen LogP contribution in [-0.4, -0.2) is 22.1 Å². The average Bonchev–Trinajstić information content (AvgIpc) is 2.91. The smallest absolute Gasteiger partial charge is 0.305 e. The van der Waals surface area contributed by atoms with Gasteiger partial charge in [-0.25, -0.2) is 10.3 Å². The zero-order chi connectivity index (χ0) is 15.5. The minimum Gasteiger partial charge on any atom is -0.305 e. The van der Waals surface area contributed by atoms with Crippen molar-refractivity contribution >= 4 is 24.1 Å². The molecule has 1 N–H and O–H groups in total. The molecule has 0 bridgehead atoms. The third-order valence-electron chi connectivity index (χ3n) is 3.37. The van der Waals surface area contributed by atoms with Crippen LogP contribution in [0.15, 0.2) is 40.8 Å². The summed E-state index contributed by atoms with van der Waals surface area (Å²) in [5.41, 5.74) is 3.24. The van der Waals surface area contributed by atoms with E-state index in [2.05, 4.69) is 20.8 Å². The van der Waals surface area contributed by atoms with Crippen molar-refractivity contribution in [1.82, 2.24) is 10.4 Å². The fourth-order valence-corrected chi connectivity index (χ4v) is 2.35. The number of nitrogens with zero attached hydrogens (tertiary/aromatic N) is 5. The molecule has 4 rings (SSSR count). The summed E-state index contributed by atoms with van der Waals surface area (Å²) < 4.78 is 40.3. The van der Waals surface area contributed by atoms with Gasteiger partial charge in [0, 0.05) is 18.6 Å². The molecule has 0 radical (unpaired) electrons. The molecular weight excluding hydrogens is 297 g/mol. The van der Waals surface area contributed by atoms with E-state index >= 15 is 0 Å². The van der Waals surface area contributed by atoms with Gasteiger partial charge in [-0.2, -0.15) is 18.3 Å². The van der Waals surface area contributed by atoms with Crippen molar-refractivity contribution in [2.45, 2.75) is 13.1 Å². The SMILES string of the molecule is CC1=C[N+](C2=C3NN=CN3c3cc(C(F)(F)F)cnc3[N-]2)=C1. The lowest BCUT2D eigenvalue weighted by atomic mass is 10.2. The summed E-state index contributed by atoms with van der Waals surface area (Å²) in [5, 5.41) is 8.23. The number of halogens is 3. The second kappa shape index (κ2) is 4.09. The van der Waals surface area contributed by atoms with Crippen LogP contribution < -0.4 is 10.3 Å². The molecule has 3 aliphatic rings. The fraction of sp³-hybridized carbons (Fsp3) is 0.154. The zero-order valence-electron chi connectivity index (χ0n) is 11.3. The Bertz CT molecular complexity index is 802. The van der Waals surface area contributed by atoms with Gasteiger partial charge in [-0.3, -0.25) is 10.3 Å². The number of fused-ring (bicyclic) bond motifs is 3. The monoisotopic (exact) mass is 306 g/mol. The number of pyridine rings is 1.